The molecule has 3 heteroatoms. The fourth-order valence-corrected chi connectivity index (χ4v) is 2.56. The minimum Gasteiger partial charge on any atom is -0.388 e. The summed E-state index contributed by atoms with van der Waals surface area (Å²) in [6, 6.07) is 5.78. The highest BCUT2D eigenvalue weighted by Gasteiger charge is 2.19. The van der Waals surface area contributed by atoms with Crippen molar-refractivity contribution in [1.29, 1.82) is 0 Å². The number of aliphatic hydroxyl groups is 1. The number of anilines is 1. The molecule has 1 aliphatic heterocycles. The van der Waals surface area contributed by atoms with E-state index in [2.05, 4.69) is 12.2 Å². The SMILES string of the molecule is CCCCCCCC(O)c1ccc2c(c1)CC(=O)N2. The molecule has 0 saturated heterocycles. The van der Waals surface area contributed by atoms with Crippen LogP contribution in [0.3, 0.4) is 0 Å². The van der Waals surface area contributed by atoms with Gasteiger partial charge in [-0.3, -0.25) is 4.79 Å². The molecular weight excluding hydrogens is 238 g/mol. The van der Waals surface area contributed by atoms with Gasteiger partial charge >= 0.3 is 0 Å². The highest BCUT2D eigenvalue weighted by atomic mass is 16.3. The van der Waals surface area contributed by atoms with Crippen LogP contribution in [0.1, 0.15) is 62.7 Å². The summed E-state index contributed by atoms with van der Waals surface area (Å²) in [7, 11) is 0. The molecule has 1 atom stereocenters. The molecule has 0 fully saturated rings. The van der Waals surface area contributed by atoms with Crippen molar-refractivity contribution in [2.75, 3.05) is 5.32 Å². The normalized spacial score (nSPS) is 15.2. The molecule has 104 valence electrons. The number of carbonyl (C=O) groups is 1. The summed E-state index contributed by atoms with van der Waals surface area (Å²) in [6.45, 7) is 2.20. The topological polar surface area (TPSA) is 49.3 Å². The Labute approximate surface area is 115 Å². The lowest BCUT2D eigenvalue weighted by Gasteiger charge is -2.12. The number of amides is 1. The molecule has 0 saturated carbocycles. The molecule has 1 amide bonds. The quantitative estimate of drug-likeness (QED) is 0.737. The van der Waals surface area contributed by atoms with Crippen LogP contribution in [0.15, 0.2) is 18.2 Å². The predicted molar refractivity (Wildman–Crippen MR) is 77.1 cm³/mol. The largest absolute Gasteiger partial charge is 0.388 e. The van der Waals surface area contributed by atoms with Gasteiger partial charge in [0, 0.05) is 5.69 Å². The smallest absolute Gasteiger partial charge is 0.228 e. The van der Waals surface area contributed by atoms with Gasteiger partial charge in [0.05, 0.1) is 12.5 Å². The predicted octanol–water partition coefficient (Wildman–Crippen LogP) is 3.58. The Kier molecular flexibility index (Phi) is 4.97. The first-order chi connectivity index (χ1) is 9.20. The van der Waals surface area contributed by atoms with Crippen molar-refractivity contribution in [2.24, 2.45) is 0 Å². The maximum absolute atomic E-state index is 11.3. The molecule has 1 aromatic rings. The van der Waals surface area contributed by atoms with Gasteiger partial charge in [-0.15, -0.1) is 0 Å². The van der Waals surface area contributed by atoms with Crippen LogP contribution in [0.4, 0.5) is 5.69 Å². The zero-order valence-electron chi connectivity index (χ0n) is 11.6. The molecule has 0 aromatic heterocycles. The number of unbranched alkanes of at least 4 members (excludes halogenated alkanes) is 4. The monoisotopic (exact) mass is 261 g/mol. The number of benzene rings is 1. The van der Waals surface area contributed by atoms with E-state index in [0.717, 1.165) is 29.7 Å². The van der Waals surface area contributed by atoms with Gasteiger partial charge in [0.25, 0.3) is 0 Å². The molecule has 2 rings (SSSR count). The molecule has 1 heterocycles. The zero-order chi connectivity index (χ0) is 13.7. The third-order valence-corrected chi connectivity index (χ3v) is 3.72. The second kappa shape index (κ2) is 6.71. The summed E-state index contributed by atoms with van der Waals surface area (Å²) in [5.41, 5.74) is 2.84. The fraction of sp³-hybridized carbons (Fsp3) is 0.562. The van der Waals surface area contributed by atoms with Gasteiger partial charge in [0.1, 0.15) is 0 Å². The maximum atomic E-state index is 11.3. The average molecular weight is 261 g/mol. The molecule has 1 unspecified atom stereocenters. The Bertz CT molecular complexity index is 442. The van der Waals surface area contributed by atoms with E-state index >= 15 is 0 Å². The first-order valence-corrected chi connectivity index (χ1v) is 7.31. The van der Waals surface area contributed by atoms with E-state index in [0.29, 0.717) is 6.42 Å². The molecular formula is C16H23NO2. The van der Waals surface area contributed by atoms with Gasteiger partial charge in [-0.25, -0.2) is 0 Å². The average Bonchev–Trinajstić information content (AvgIpc) is 2.77. The molecule has 3 nitrogen and oxygen atoms in total. The van der Waals surface area contributed by atoms with Crippen molar-refractivity contribution in [3.8, 4) is 0 Å². The van der Waals surface area contributed by atoms with Gasteiger partial charge in [-0.1, -0.05) is 51.2 Å². The molecule has 19 heavy (non-hydrogen) atoms. The number of rotatable bonds is 7. The van der Waals surface area contributed by atoms with Gasteiger partial charge in [-0.2, -0.15) is 0 Å². The third kappa shape index (κ3) is 3.80. The van der Waals surface area contributed by atoms with Crippen LogP contribution in [0, 0.1) is 0 Å². The molecule has 1 aliphatic rings. The number of fused-ring (bicyclic) bond motifs is 1. The Balaban J connectivity index is 1.84. The standard InChI is InChI=1S/C16H23NO2/c1-2-3-4-5-6-7-15(18)12-8-9-14-13(10-12)11-16(19)17-14/h8-10,15,18H,2-7,11H2,1H3,(H,17,19). The highest BCUT2D eigenvalue weighted by Crippen LogP contribution is 2.28. The van der Waals surface area contributed by atoms with Crippen LogP contribution >= 0.6 is 0 Å². The van der Waals surface area contributed by atoms with E-state index in [1.807, 2.05) is 18.2 Å². The molecule has 0 aliphatic carbocycles. The van der Waals surface area contributed by atoms with E-state index in [1.54, 1.807) is 0 Å². The molecule has 0 bridgehead atoms. The highest BCUT2D eigenvalue weighted by molar-refractivity contribution is 5.99. The van der Waals surface area contributed by atoms with E-state index in [-0.39, 0.29) is 5.91 Å². The number of carbonyl (C=O) groups excluding carboxylic acids is 1. The van der Waals surface area contributed by atoms with E-state index in [4.69, 9.17) is 0 Å². The summed E-state index contributed by atoms with van der Waals surface area (Å²) in [5.74, 6) is 0.0428. The number of hydrogen-bond donors (Lipinski definition) is 2. The van der Waals surface area contributed by atoms with Crippen LogP contribution in [-0.2, 0) is 11.2 Å². The molecule has 0 spiro atoms. The van der Waals surface area contributed by atoms with Gasteiger partial charge < -0.3 is 10.4 Å². The van der Waals surface area contributed by atoms with Crippen LogP contribution in [0.2, 0.25) is 0 Å². The van der Waals surface area contributed by atoms with E-state index < -0.39 is 6.10 Å². The van der Waals surface area contributed by atoms with Crippen molar-refractivity contribution < 1.29 is 9.90 Å². The Morgan fingerprint density at radius 1 is 1.26 bits per heavy atom. The second-order valence-electron chi connectivity index (χ2n) is 5.36. The minimum absolute atomic E-state index is 0.0428. The van der Waals surface area contributed by atoms with Crippen molar-refractivity contribution >= 4 is 11.6 Å². The number of nitrogens with one attached hydrogen (secondary N) is 1. The molecule has 2 N–H and O–H groups in total. The first-order valence-electron chi connectivity index (χ1n) is 7.31. The Morgan fingerprint density at radius 3 is 2.84 bits per heavy atom. The lowest BCUT2D eigenvalue weighted by Crippen LogP contribution is -2.03. The Hall–Kier alpha value is -1.35. The summed E-state index contributed by atoms with van der Waals surface area (Å²) in [5, 5.41) is 13.0. The van der Waals surface area contributed by atoms with Gasteiger partial charge in [-0.05, 0) is 23.6 Å². The second-order valence-corrected chi connectivity index (χ2v) is 5.36. The maximum Gasteiger partial charge on any atom is 0.228 e. The van der Waals surface area contributed by atoms with Crippen LogP contribution in [0.5, 0.6) is 0 Å². The van der Waals surface area contributed by atoms with Crippen molar-refractivity contribution in [3.63, 3.8) is 0 Å². The van der Waals surface area contributed by atoms with E-state index in [1.165, 1.54) is 25.7 Å². The first kappa shape index (κ1) is 14.1. The van der Waals surface area contributed by atoms with Crippen molar-refractivity contribution in [2.45, 2.75) is 58.0 Å². The van der Waals surface area contributed by atoms with Gasteiger partial charge in [0.15, 0.2) is 0 Å². The lowest BCUT2D eigenvalue weighted by atomic mass is 9.99. The molecule has 1 aromatic carbocycles. The lowest BCUT2D eigenvalue weighted by molar-refractivity contribution is -0.115. The molecule has 0 radical (unpaired) electrons. The summed E-state index contributed by atoms with van der Waals surface area (Å²) < 4.78 is 0. The zero-order valence-corrected chi connectivity index (χ0v) is 11.6. The van der Waals surface area contributed by atoms with E-state index in [9.17, 15) is 9.90 Å². The Morgan fingerprint density at radius 2 is 2.05 bits per heavy atom. The van der Waals surface area contributed by atoms with Crippen molar-refractivity contribution in [1.82, 2.24) is 0 Å². The summed E-state index contributed by atoms with van der Waals surface area (Å²) >= 11 is 0. The third-order valence-electron chi connectivity index (χ3n) is 3.72. The summed E-state index contributed by atoms with van der Waals surface area (Å²) in [6.07, 6.45) is 6.88. The van der Waals surface area contributed by atoms with Gasteiger partial charge in [0.2, 0.25) is 5.91 Å². The fourth-order valence-electron chi connectivity index (χ4n) is 2.56. The van der Waals surface area contributed by atoms with Crippen LogP contribution < -0.4 is 5.32 Å². The minimum atomic E-state index is -0.400. The number of hydrogen-bond acceptors (Lipinski definition) is 2. The van der Waals surface area contributed by atoms with Crippen LogP contribution in [-0.4, -0.2) is 11.0 Å². The van der Waals surface area contributed by atoms with Crippen LogP contribution in [0.25, 0.3) is 0 Å². The number of aliphatic hydroxyl groups excluding tert-OH is 1. The van der Waals surface area contributed by atoms with Crippen molar-refractivity contribution in [3.05, 3.63) is 29.3 Å². The summed E-state index contributed by atoms with van der Waals surface area (Å²) in [4.78, 5) is 11.3.